The van der Waals surface area contributed by atoms with Crippen LogP contribution in [-0.2, 0) is 4.79 Å². The summed E-state index contributed by atoms with van der Waals surface area (Å²) in [5.41, 5.74) is 0.637. The molecule has 1 amide bonds. The number of aromatic nitrogens is 2. The van der Waals surface area contributed by atoms with E-state index in [0.29, 0.717) is 18.7 Å². The Hall–Kier alpha value is -1.11. The fourth-order valence-corrected chi connectivity index (χ4v) is 1.47. The van der Waals surface area contributed by atoms with Gasteiger partial charge in [0.1, 0.15) is 0 Å². The van der Waals surface area contributed by atoms with E-state index in [1.54, 1.807) is 6.20 Å². The zero-order valence-corrected chi connectivity index (χ0v) is 8.75. The van der Waals surface area contributed by atoms with Crippen LogP contribution in [0.1, 0.15) is 6.42 Å². The third-order valence-electron chi connectivity index (χ3n) is 2.19. The van der Waals surface area contributed by atoms with E-state index >= 15 is 0 Å². The second-order valence-electron chi connectivity index (χ2n) is 3.33. The Morgan fingerprint density at radius 1 is 1.67 bits per heavy atom. The second kappa shape index (κ2) is 5.11. The number of aliphatic hydroxyl groups is 1. The molecule has 0 radical (unpaired) electrons. The average molecular weight is 233 g/mol. The molecule has 7 heteroatoms. The first-order valence-electron chi connectivity index (χ1n) is 4.47. The number of β-amino-alcohol motifs (C(OH)–C–C–N with tert-alkyl or cyclic N) is 1. The second-order valence-corrected chi connectivity index (χ2v) is 3.33. The summed E-state index contributed by atoms with van der Waals surface area (Å²) in [5.74, 6) is -0.136. The van der Waals surface area contributed by atoms with Gasteiger partial charge in [-0.05, 0) is 6.42 Å². The third-order valence-corrected chi connectivity index (χ3v) is 2.19. The smallest absolute Gasteiger partial charge is 0.241 e. The SMILES string of the molecule is Cl.O=C(Nc1cn[nH]c1)[C@H]1C[C@H](O)CN1. The van der Waals surface area contributed by atoms with Gasteiger partial charge in [0.15, 0.2) is 0 Å². The summed E-state index contributed by atoms with van der Waals surface area (Å²) in [6.45, 7) is 0.476. The maximum absolute atomic E-state index is 11.5. The van der Waals surface area contributed by atoms with Gasteiger partial charge >= 0.3 is 0 Å². The van der Waals surface area contributed by atoms with Crippen LogP contribution in [0, 0.1) is 0 Å². The van der Waals surface area contributed by atoms with Crippen molar-refractivity contribution in [2.75, 3.05) is 11.9 Å². The quantitative estimate of drug-likeness (QED) is 0.553. The summed E-state index contributed by atoms with van der Waals surface area (Å²) in [6.07, 6.45) is 3.17. The molecule has 0 aromatic carbocycles. The molecule has 0 unspecified atom stereocenters. The van der Waals surface area contributed by atoms with Gasteiger partial charge in [0.25, 0.3) is 0 Å². The fraction of sp³-hybridized carbons (Fsp3) is 0.500. The topological polar surface area (TPSA) is 90.0 Å². The highest BCUT2D eigenvalue weighted by Gasteiger charge is 2.27. The number of amides is 1. The summed E-state index contributed by atoms with van der Waals surface area (Å²) in [5, 5.41) is 21.1. The van der Waals surface area contributed by atoms with Crippen molar-refractivity contribution < 1.29 is 9.90 Å². The highest BCUT2D eigenvalue weighted by atomic mass is 35.5. The Morgan fingerprint density at radius 2 is 2.47 bits per heavy atom. The lowest BCUT2D eigenvalue weighted by Crippen LogP contribution is -2.35. The lowest BCUT2D eigenvalue weighted by atomic mass is 10.2. The molecule has 1 aliphatic heterocycles. The van der Waals surface area contributed by atoms with Crippen LogP contribution in [0.4, 0.5) is 5.69 Å². The standard InChI is InChI=1S/C8H12N4O2.ClH/c13-6-1-7(9-4-6)8(14)12-5-2-10-11-3-5;/h2-3,6-7,9,13H,1,4H2,(H,10,11)(H,12,14);1H/t6-,7+;/m0./s1. The minimum Gasteiger partial charge on any atom is -0.392 e. The van der Waals surface area contributed by atoms with Gasteiger partial charge in [-0.3, -0.25) is 9.89 Å². The minimum absolute atomic E-state index is 0. The molecule has 1 aromatic heterocycles. The Kier molecular flexibility index (Phi) is 4.07. The molecule has 2 atom stereocenters. The van der Waals surface area contributed by atoms with Gasteiger partial charge in [0.2, 0.25) is 5.91 Å². The summed E-state index contributed by atoms with van der Waals surface area (Å²) in [6, 6.07) is -0.306. The number of anilines is 1. The molecule has 6 nitrogen and oxygen atoms in total. The predicted octanol–water partition coefficient (Wildman–Crippen LogP) is -0.507. The van der Waals surface area contributed by atoms with Crippen LogP contribution >= 0.6 is 12.4 Å². The van der Waals surface area contributed by atoms with Gasteiger partial charge < -0.3 is 15.7 Å². The van der Waals surface area contributed by atoms with E-state index < -0.39 is 6.10 Å². The van der Waals surface area contributed by atoms with Crippen molar-refractivity contribution in [2.45, 2.75) is 18.6 Å². The van der Waals surface area contributed by atoms with Gasteiger partial charge in [0.05, 0.1) is 24.0 Å². The Morgan fingerprint density at radius 3 is 3.00 bits per heavy atom. The number of carbonyl (C=O) groups is 1. The molecular weight excluding hydrogens is 220 g/mol. The molecule has 2 heterocycles. The van der Waals surface area contributed by atoms with Crippen LogP contribution in [0.2, 0.25) is 0 Å². The monoisotopic (exact) mass is 232 g/mol. The molecule has 15 heavy (non-hydrogen) atoms. The summed E-state index contributed by atoms with van der Waals surface area (Å²) < 4.78 is 0. The number of hydrogen-bond acceptors (Lipinski definition) is 4. The molecule has 1 fully saturated rings. The molecule has 1 saturated heterocycles. The molecule has 1 aromatic rings. The van der Waals surface area contributed by atoms with Crippen molar-refractivity contribution in [3.05, 3.63) is 12.4 Å². The molecule has 0 saturated carbocycles. The number of carbonyl (C=O) groups excluding carboxylic acids is 1. The highest BCUT2D eigenvalue weighted by Crippen LogP contribution is 2.09. The summed E-state index contributed by atoms with van der Waals surface area (Å²) >= 11 is 0. The number of aliphatic hydroxyl groups excluding tert-OH is 1. The van der Waals surface area contributed by atoms with E-state index in [9.17, 15) is 9.90 Å². The Bertz CT molecular complexity index is 316. The number of rotatable bonds is 2. The normalized spacial score (nSPS) is 24.6. The molecule has 0 aliphatic carbocycles. The van der Waals surface area contributed by atoms with E-state index in [1.165, 1.54) is 6.20 Å². The molecule has 2 rings (SSSR count). The highest BCUT2D eigenvalue weighted by molar-refractivity contribution is 5.94. The third kappa shape index (κ3) is 2.92. The Labute approximate surface area is 92.9 Å². The van der Waals surface area contributed by atoms with Crippen LogP contribution in [0.25, 0.3) is 0 Å². The van der Waals surface area contributed by atoms with Crippen LogP contribution in [-0.4, -0.2) is 39.9 Å². The number of nitrogens with zero attached hydrogens (tertiary/aromatic N) is 1. The van der Waals surface area contributed by atoms with Gasteiger partial charge in [-0.1, -0.05) is 0 Å². The van der Waals surface area contributed by atoms with Gasteiger partial charge in [-0.25, -0.2) is 0 Å². The minimum atomic E-state index is -0.421. The maximum atomic E-state index is 11.5. The van der Waals surface area contributed by atoms with Crippen molar-refractivity contribution in [1.82, 2.24) is 15.5 Å². The largest absolute Gasteiger partial charge is 0.392 e. The number of H-pyrrole nitrogens is 1. The van der Waals surface area contributed by atoms with Gasteiger partial charge in [-0.2, -0.15) is 5.10 Å². The number of hydrogen-bond donors (Lipinski definition) is 4. The summed E-state index contributed by atoms with van der Waals surface area (Å²) in [7, 11) is 0. The van der Waals surface area contributed by atoms with E-state index in [0.717, 1.165) is 0 Å². The lowest BCUT2D eigenvalue weighted by Gasteiger charge is -2.08. The van der Waals surface area contributed by atoms with Crippen molar-refractivity contribution in [3.63, 3.8) is 0 Å². The van der Waals surface area contributed by atoms with Crippen LogP contribution in [0.5, 0.6) is 0 Å². The lowest BCUT2D eigenvalue weighted by molar-refractivity contribution is -0.117. The van der Waals surface area contributed by atoms with Crippen LogP contribution < -0.4 is 10.6 Å². The molecule has 4 N–H and O–H groups in total. The van der Waals surface area contributed by atoms with Gasteiger partial charge in [0, 0.05) is 12.7 Å². The molecule has 1 aliphatic rings. The first-order valence-corrected chi connectivity index (χ1v) is 4.47. The number of halogens is 1. The molecule has 0 bridgehead atoms. The van der Waals surface area contributed by atoms with E-state index in [4.69, 9.17) is 0 Å². The molecular formula is C8H13ClN4O2. The molecule has 84 valence electrons. The van der Waals surface area contributed by atoms with E-state index in [1.807, 2.05) is 0 Å². The van der Waals surface area contributed by atoms with Crippen molar-refractivity contribution >= 4 is 24.0 Å². The maximum Gasteiger partial charge on any atom is 0.241 e. The number of nitrogens with one attached hydrogen (secondary N) is 3. The Balaban J connectivity index is 0.00000112. The summed E-state index contributed by atoms with van der Waals surface area (Å²) in [4.78, 5) is 11.5. The molecule has 0 spiro atoms. The zero-order valence-electron chi connectivity index (χ0n) is 7.93. The van der Waals surface area contributed by atoms with Crippen LogP contribution in [0.15, 0.2) is 12.4 Å². The van der Waals surface area contributed by atoms with Crippen molar-refractivity contribution in [1.29, 1.82) is 0 Å². The predicted molar refractivity (Wildman–Crippen MR) is 56.9 cm³/mol. The number of aromatic amines is 1. The zero-order chi connectivity index (χ0) is 9.97. The van der Waals surface area contributed by atoms with Gasteiger partial charge in [-0.15, -0.1) is 12.4 Å². The fourth-order valence-electron chi connectivity index (χ4n) is 1.47. The first-order chi connectivity index (χ1) is 6.75. The first kappa shape index (κ1) is 12.0. The average Bonchev–Trinajstić information content (AvgIpc) is 2.75. The van der Waals surface area contributed by atoms with Crippen molar-refractivity contribution in [2.24, 2.45) is 0 Å². The van der Waals surface area contributed by atoms with Crippen molar-refractivity contribution in [3.8, 4) is 0 Å². The van der Waals surface area contributed by atoms with E-state index in [2.05, 4.69) is 20.8 Å². The van der Waals surface area contributed by atoms with Crippen LogP contribution in [0.3, 0.4) is 0 Å². The van der Waals surface area contributed by atoms with E-state index in [-0.39, 0.29) is 24.4 Å².